The van der Waals surface area contributed by atoms with Gasteiger partial charge >= 0.3 is 37.9 Å². The van der Waals surface area contributed by atoms with Gasteiger partial charge in [-0.3, -0.25) is 0 Å². The first-order valence-electron chi connectivity index (χ1n) is 0.569. The van der Waals surface area contributed by atoms with Gasteiger partial charge in [0.25, 0.3) is 0 Å². The van der Waals surface area contributed by atoms with E-state index in [0.29, 0.717) is 0 Å². The van der Waals surface area contributed by atoms with Crippen molar-refractivity contribution in [3.8, 4) is 0 Å². The molecule has 0 saturated carbocycles. The monoisotopic (exact) mass is 178 g/mol. The summed E-state index contributed by atoms with van der Waals surface area (Å²) in [5.74, 6) is 0. The Bertz CT molecular complexity index is 54.4. The number of rotatable bonds is 0. The third kappa shape index (κ3) is 11.4. The Hall–Kier alpha value is 1.09. The fraction of sp³-hybridized carbons (Fsp3) is 0. The Morgan fingerprint density at radius 1 is 1.50 bits per heavy atom. The molecule has 0 amide bonds. The second kappa shape index (κ2) is 2.33. The van der Waals surface area contributed by atoms with Crippen LogP contribution in [0.2, 0.25) is 0 Å². The summed E-state index contributed by atoms with van der Waals surface area (Å²) in [5.41, 5.74) is 0. The van der Waals surface area contributed by atoms with Crippen molar-refractivity contribution in [1.29, 1.82) is 0 Å². The van der Waals surface area contributed by atoms with E-state index in [9.17, 15) is 0 Å². The molecular weight excluding hydrogens is 174 g/mol. The molecule has 0 aromatic rings. The molecule has 1 nitrogen and oxygen atoms in total. The van der Waals surface area contributed by atoms with E-state index in [1.807, 2.05) is 0 Å². The topological polar surface area (TPSA) is 26.0 Å². The van der Waals surface area contributed by atoms with Crippen molar-refractivity contribution in [1.82, 2.24) is 0 Å². The van der Waals surface area contributed by atoms with Gasteiger partial charge in [-0.15, -0.1) is 0 Å². The molecule has 2 N–H and O–H groups in total. The van der Waals surface area contributed by atoms with Crippen LogP contribution >= 0.6 is 19.6 Å². The zero-order valence-corrected chi connectivity index (χ0v) is 5.44. The number of hydrogen-bond donors (Lipinski definition) is 1. The summed E-state index contributed by atoms with van der Waals surface area (Å²) in [4.78, 5) is 0. The van der Waals surface area contributed by atoms with E-state index in [-0.39, 0.29) is 0 Å². The Kier molecular flexibility index (Phi) is 2.97. The zero-order chi connectivity index (χ0) is 3.58. The van der Waals surface area contributed by atoms with E-state index >= 15 is 0 Å². The molecule has 25 valence electrons. The molecule has 0 bridgehead atoms. The Morgan fingerprint density at radius 3 is 1.50 bits per heavy atom. The molecular formula is H2MoNS2. The van der Waals surface area contributed by atoms with E-state index < -0.39 is 13.9 Å². The van der Waals surface area contributed by atoms with Gasteiger partial charge in [0.1, 0.15) is 0 Å². The van der Waals surface area contributed by atoms with Crippen LogP contribution in [0.25, 0.3) is 0 Å². The van der Waals surface area contributed by atoms with E-state index in [0.717, 1.165) is 0 Å². The van der Waals surface area contributed by atoms with E-state index in [4.69, 9.17) is 4.29 Å². The van der Waals surface area contributed by atoms with Crippen molar-refractivity contribution in [2.45, 2.75) is 0 Å². The van der Waals surface area contributed by atoms with Gasteiger partial charge in [-0.2, -0.15) is 0 Å². The number of nitrogens with two attached hydrogens (primary N) is 1. The molecule has 0 fully saturated rings. The summed E-state index contributed by atoms with van der Waals surface area (Å²) in [7, 11) is 8.77. The fourth-order valence-corrected chi connectivity index (χ4v) is 0. The molecule has 0 aliphatic carbocycles. The summed E-state index contributed by atoms with van der Waals surface area (Å²) in [5, 5.41) is 0. The minimum atomic E-state index is -1.69. The molecule has 0 rings (SSSR count). The molecule has 0 spiro atoms. The van der Waals surface area contributed by atoms with E-state index in [1.165, 1.54) is 0 Å². The second-order valence-electron chi connectivity index (χ2n) is 0.260. The average molecular weight is 176 g/mol. The maximum atomic E-state index is 4.91. The van der Waals surface area contributed by atoms with Gasteiger partial charge in [-0.1, -0.05) is 0 Å². The molecule has 0 heterocycles. The van der Waals surface area contributed by atoms with Crippen LogP contribution in [0.4, 0.5) is 0 Å². The average Bonchev–Trinajstić information content (AvgIpc) is 0.811. The normalized spacial score (nSPS) is 6.25. The molecule has 4 heteroatoms. The molecule has 0 aromatic carbocycles. The van der Waals surface area contributed by atoms with Crippen LogP contribution in [-0.2, 0) is 13.9 Å². The third-order valence-corrected chi connectivity index (χ3v) is 0. The summed E-state index contributed by atoms with van der Waals surface area (Å²) in [6.45, 7) is 0. The standard InChI is InChI=1S/Mo.H2N.2S/h;1H2;;/q+1;-1;;. The molecule has 0 aromatic heterocycles. The SMILES string of the molecule is [NH2][Mo](=[S])=[S]. The number of hydrogen-bond acceptors (Lipinski definition) is 2. The van der Waals surface area contributed by atoms with Crippen molar-refractivity contribution in [3.05, 3.63) is 0 Å². The van der Waals surface area contributed by atoms with Gasteiger partial charge in [-0.25, -0.2) is 0 Å². The fourth-order valence-electron chi connectivity index (χ4n) is 0. The summed E-state index contributed by atoms with van der Waals surface area (Å²) in [6, 6.07) is 0. The Labute approximate surface area is 37.9 Å². The molecule has 0 saturated heterocycles. The summed E-state index contributed by atoms with van der Waals surface area (Å²) >= 11 is -1.69. The first-order chi connectivity index (χ1) is 1.73. The van der Waals surface area contributed by atoms with Crippen LogP contribution in [0, 0.1) is 0 Å². The van der Waals surface area contributed by atoms with Crippen molar-refractivity contribution in [2.75, 3.05) is 0 Å². The maximum absolute atomic E-state index is 4.91. The van der Waals surface area contributed by atoms with Gasteiger partial charge in [0.15, 0.2) is 0 Å². The minimum absolute atomic E-state index is 1.69. The predicted octanol–water partition coefficient (Wildman–Crippen LogP) is 0.703. The predicted molar refractivity (Wildman–Crippen MR) is 19.4 cm³/mol. The molecule has 0 unspecified atom stereocenters. The summed E-state index contributed by atoms with van der Waals surface area (Å²) in [6.07, 6.45) is 0. The summed E-state index contributed by atoms with van der Waals surface area (Å²) < 4.78 is 4.91. The first kappa shape index (κ1) is 5.09. The molecule has 0 atom stereocenters. The zero-order valence-electron chi connectivity index (χ0n) is 1.80. The van der Waals surface area contributed by atoms with E-state index in [2.05, 4.69) is 19.6 Å². The van der Waals surface area contributed by atoms with Gasteiger partial charge in [0.05, 0.1) is 0 Å². The molecule has 4 heavy (non-hydrogen) atoms. The third-order valence-electron chi connectivity index (χ3n) is 0. The quantitative estimate of drug-likeness (QED) is 0.550. The van der Waals surface area contributed by atoms with Crippen molar-refractivity contribution >= 4 is 19.6 Å². The van der Waals surface area contributed by atoms with Crippen LogP contribution in [0.15, 0.2) is 0 Å². The van der Waals surface area contributed by atoms with E-state index in [1.54, 1.807) is 0 Å². The van der Waals surface area contributed by atoms with Crippen molar-refractivity contribution in [2.24, 2.45) is 4.29 Å². The van der Waals surface area contributed by atoms with Crippen LogP contribution < -0.4 is 4.29 Å². The second-order valence-corrected chi connectivity index (χ2v) is 7.04. The van der Waals surface area contributed by atoms with Crippen LogP contribution in [0.3, 0.4) is 0 Å². The van der Waals surface area contributed by atoms with Crippen molar-refractivity contribution in [3.63, 3.8) is 0 Å². The molecule has 0 radical (unpaired) electrons. The molecule has 0 aliphatic heterocycles. The van der Waals surface area contributed by atoms with Gasteiger partial charge in [-0.05, 0) is 0 Å². The Morgan fingerprint density at radius 2 is 1.50 bits per heavy atom. The van der Waals surface area contributed by atoms with Crippen molar-refractivity contribution < 1.29 is 13.9 Å². The Balaban J connectivity index is 3.51. The van der Waals surface area contributed by atoms with Gasteiger partial charge in [0.2, 0.25) is 0 Å². The molecule has 0 aliphatic rings. The van der Waals surface area contributed by atoms with Gasteiger partial charge < -0.3 is 0 Å². The van der Waals surface area contributed by atoms with Gasteiger partial charge in [0, 0.05) is 0 Å². The first-order valence-corrected chi connectivity index (χ1v) is 7.31. The van der Waals surface area contributed by atoms with Crippen LogP contribution in [0.1, 0.15) is 0 Å². The van der Waals surface area contributed by atoms with Crippen LogP contribution in [-0.4, -0.2) is 0 Å². The van der Waals surface area contributed by atoms with Crippen LogP contribution in [0.5, 0.6) is 0 Å².